The van der Waals surface area contributed by atoms with Gasteiger partial charge < -0.3 is 30.9 Å². The van der Waals surface area contributed by atoms with Crippen molar-refractivity contribution in [2.24, 2.45) is 0 Å². The summed E-state index contributed by atoms with van der Waals surface area (Å²) in [5, 5.41) is 33.5. The average molecular weight is 635 g/mol. The summed E-state index contributed by atoms with van der Waals surface area (Å²) in [6.07, 6.45) is 2.80. The van der Waals surface area contributed by atoms with Crippen molar-refractivity contribution in [3.05, 3.63) is 56.9 Å². The van der Waals surface area contributed by atoms with Gasteiger partial charge in [0, 0.05) is 23.1 Å². The van der Waals surface area contributed by atoms with E-state index in [1.165, 1.54) is 17.0 Å². The van der Waals surface area contributed by atoms with Crippen molar-refractivity contribution in [1.82, 2.24) is 10.2 Å². The highest BCUT2D eigenvalue weighted by molar-refractivity contribution is 14.1. The highest BCUT2D eigenvalue weighted by Gasteiger charge is 2.44. The van der Waals surface area contributed by atoms with Gasteiger partial charge in [0.05, 0.1) is 36.1 Å². The maximum absolute atomic E-state index is 14.6. The van der Waals surface area contributed by atoms with Crippen LogP contribution in [-0.4, -0.2) is 69.5 Å². The number of benzene rings is 2. The van der Waals surface area contributed by atoms with Crippen molar-refractivity contribution in [3.63, 3.8) is 0 Å². The van der Waals surface area contributed by atoms with Crippen LogP contribution in [-0.2, 0) is 4.79 Å². The van der Waals surface area contributed by atoms with Crippen LogP contribution >= 0.6 is 22.6 Å². The number of aliphatic carboxylic acids is 1. The van der Waals surface area contributed by atoms with Gasteiger partial charge in [-0.3, -0.25) is 9.59 Å². The normalized spacial score (nSPS) is 20.4. The van der Waals surface area contributed by atoms with Crippen LogP contribution < -0.4 is 10.6 Å². The van der Waals surface area contributed by atoms with Crippen LogP contribution in [0, 0.1) is 21.0 Å². The van der Waals surface area contributed by atoms with Gasteiger partial charge in [0.25, 0.3) is 11.9 Å². The number of hydrogen-bond acceptors (Lipinski definition) is 6. The SMILES string of the molecule is CC(=O)O.O=C(c1ccc(F)c(F)c1Nc1ccc(I)cc1F)N1CC(O)(CNC2CCC(O)CC2)C1. The second-order valence-electron chi connectivity index (χ2n) is 9.32. The van der Waals surface area contributed by atoms with Crippen molar-refractivity contribution in [1.29, 1.82) is 0 Å². The molecule has 37 heavy (non-hydrogen) atoms. The van der Waals surface area contributed by atoms with Crippen molar-refractivity contribution in [2.75, 3.05) is 25.0 Å². The molecule has 1 aliphatic heterocycles. The predicted molar refractivity (Wildman–Crippen MR) is 139 cm³/mol. The number of aliphatic hydroxyl groups is 2. The van der Waals surface area contributed by atoms with Crippen LogP contribution in [0.4, 0.5) is 24.5 Å². The number of β-amino-alcohol motifs (C(OH)–C–C–N with tert-alkyl or cyclic N) is 1. The van der Waals surface area contributed by atoms with Crippen LogP contribution in [0.1, 0.15) is 43.0 Å². The zero-order valence-electron chi connectivity index (χ0n) is 20.1. The van der Waals surface area contributed by atoms with Crippen LogP contribution in [0.2, 0.25) is 0 Å². The molecule has 5 N–H and O–H groups in total. The van der Waals surface area contributed by atoms with E-state index in [-0.39, 0.29) is 43.0 Å². The number of carbonyl (C=O) groups is 2. The van der Waals surface area contributed by atoms with Gasteiger partial charge in [-0.1, -0.05) is 0 Å². The van der Waals surface area contributed by atoms with Gasteiger partial charge in [-0.15, -0.1) is 0 Å². The van der Waals surface area contributed by atoms with Gasteiger partial charge in [-0.05, 0) is 78.6 Å². The molecular weight excluding hydrogens is 606 g/mol. The smallest absolute Gasteiger partial charge is 0.300 e. The number of hydrogen-bond donors (Lipinski definition) is 5. The molecule has 1 aliphatic carbocycles. The molecule has 0 radical (unpaired) electrons. The lowest BCUT2D eigenvalue weighted by Crippen LogP contribution is -2.67. The second kappa shape index (κ2) is 12.4. The molecule has 0 unspecified atom stereocenters. The first-order valence-corrected chi connectivity index (χ1v) is 12.8. The van der Waals surface area contributed by atoms with Crippen LogP contribution in [0.5, 0.6) is 0 Å². The fourth-order valence-corrected chi connectivity index (χ4v) is 4.73. The number of rotatable bonds is 6. The Kier molecular flexibility index (Phi) is 9.78. The fraction of sp³-hybridized carbons (Fsp3) is 0.440. The summed E-state index contributed by atoms with van der Waals surface area (Å²) in [6.45, 7) is 1.43. The Balaban J connectivity index is 0.000000886. The van der Waals surface area contributed by atoms with Gasteiger partial charge >= 0.3 is 0 Å². The highest BCUT2D eigenvalue weighted by atomic mass is 127. The molecule has 8 nitrogen and oxygen atoms in total. The summed E-state index contributed by atoms with van der Waals surface area (Å²) in [5.74, 6) is -4.53. The van der Waals surface area contributed by atoms with Crippen LogP contribution in [0.25, 0.3) is 0 Å². The molecule has 2 fully saturated rings. The Hall–Kier alpha value is -2.42. The summed E-state index contributed by atoms with van der Waals surface area (Å²) >= 11 is 1.93. The van der Waals surface area contributed by atoms with E-state index in [1.807, 2.05) is 22.6 Å². The lowest BCUT2D eigenvalue weighted by molar-refractivity contribution is -0.134. The maximum atomic E-state index is 14.6. The Labute approximate surface area is 226 Å². The van der Waals surface area contributed by atoms with Gasteiger partial charge in [-0.25, -0.2) is 13.2 Å². The largest absolute Gasteiger partial charge is 0.481 e. The third-order valence-electron chi connectivity index (χ3n) is 6.19. The molecule has 1 saturated heterocycles. The monoisotopic (exact) mass is 635 g/mol. The number of aliphatic hydroxyl groups excluding tert-OH is 1. The minimum Gasteiger partial charge on any atom is -0.481 e. The van der Waals surface area contributed by atoms with E-state index in [0.29, 0.717) is 16.4 Å². The zero-order chi connectivity index (χ0) is 27.3. The first kappa shape index (κ1) is 29.1. The Morgan fingerprint density at radius 1 is 1.08 bits per heavy atom. The predicted octanol–water partition coefficient (Wildman–Crippen LogP) is 3.62. The number of likely N-dealkylation sites (tertiary alicyclic amines) is 1. The summed E-state index contributed by atoms with van der Waals surface area (Å²) in [5.41, 5.74) is -1.81. The van der Waals surface area contributed by atoms with Crippen LogP contribution in [0.15, 0.2) is 30.3 Å². The number of nitrogens with zero attached hydrogens (tertiary/aromatic N) is 1. The molecule has 12 heteroatoms. The van der Waals surface area contributed by atoms with Crippen molar-refractivity contribution in [3.8, 4) is 0 Å². The molecule has 0 aromatic heterocycles. The lowest BCUT2D eigenvalue weighted by Gasteiger charge is -2.47. The summed E-state index contributed by atoms with van der Waals surface area (Å²) in [4.78, 5) is 23.4. The molecule has 1 amide bonds. The second-order valence-corrected chi connectivity index (χ2v) is 10.6. The van der Waals surface area contributed by atoms with E-state index in [1.54, 1.807) is 6.07 Å². The third kappa shape index (κ3) is 7.79. The standard InChI is InChI=1S/C23H25F3IN3O3.C2H4O2/c24-17-7-6-16(21(20(17)26)29-19-8-1-13(27)9-18(19)25)22(32)30-11-23(33,12-30)10-28-14-2-4-15(31)5-3-14;1-2(3)4/h1,6-9,14-15,28-29,31,33H,2-5,10-12H2;1H3,(H,3,4). The van der Waals surface area contributed by atoms with E-state index in [9.17, 15) is 28.2 Å². The molecule has 0 spiro atoms. The van der Waals surface area contributed by atoms with E-state index < -0.39 is 40.6 Å². The minimum absolute atomic E-state index is 0.0322. The van der Waals surface area contributed by atoms with Crippen molar-refractivity contribution >= 4 is 45.8 Å². The fourth-order valence-electron chi connectivity index (χ4n) is 4.28. The number of carboxylic acid groups (broad SMARTS) is 1. The number of anilines is 2. The quantitative estimate of drug-likeness (QED) is 0.308. The molecular formula is C25H29F3IN3O5. The van der Waals surface area contributed by atoms with E-state index >= 15 is 0 Å². The molecule has 2 aromatic rings. The molecule has 202 valence electrons. The van der Waals surface area contributed by atoms with Gasteiger partial charge in [0.15, 0.2) is 11.6 Å². The van der Waals surface area contributed by atoms with Crippen molar-refractivity contribution in [2.45, 2.75) is 50.4 Å². The highest BCUT2D eigenvalue weighted by Crippen LogP contribution is 2.32. The van der Waals surface area contributed by atoms with E-state index in [0.717, 1.165) is 31.9 Å². The summed E-state index contributed by atoms with van der Waals surface area (Å²) in [6, 6.07) is 6.42. The maximum Gasteiger partial charge on any atom is 0.300 e. The van der Waals surface area contributed by atoms with Gasteiger partial charge in [-0.2, -0.15) is 0 Å². The Bertz CT molecular complexity index is 1130. The molecule has 1 saturated carbocycles. The summed E-state index contributed by atoms with van der Waals surface area (Å²) in [7, 11) is 0. The van der Waals surface area contributed by atoms with Crippen LogP contribution in [0.3, 0.4) is 0 Å². The van der Waals surface area contributed by atoms with Gasteiger partial charge in [0.2, 0.25) is 0 Å². The first-order valence-electron chi connectivity index (χ1n) is 11.7. The number of carbonyl (C=O) groups excluding carboxylic acids is 1. The number of nitrogens with one attached hydrogen (secondary N) is 2. The minimum atomic E-state index is -1.28. The molecule has 2 aromatic carbocycles. The number of halogens is 4. The van der Waals surface area contributed by atoms with E-state index in [4.69, 9.17) is 9.90 Å². The zero-order valence-corrected chi connectivity index (χ0v) is 22.3. The molecule has 4 rings (SSSR count). The Morgan fingerprint density at radius 3 is 2.30 bits per heavy atom. The number of amides is 1. The lowest BCUT2D eigenvalue weighted by atomic mass is 9.90. The topological polar surface area (TPSA) is 122 Å². The number of carboxylic acids is 1. The van der Waals surface area contributed by atoms with Gasteiger partial charge in [0.1, 0.15) is 11.4 Å². The third-order valence-corrected chi connectivity index (χ3v) is 6.86. The molecule has 0 atom stereocenters. The van der Waals surface area contributed by atoms with Crippen molar-refractivity contribution < 1.29 is 38.1 Å². The first-order chi connectivity index (χ1) is 17.4. The van der Waals surface area contributed by atoms with E-state index in [2.05, 4.69) is 10.6 Å². The molecule has 1 heterocycles. The molecule has 2 aliphatic rings. The average Bonchev–Trinajstić information content (AvgIpc) is 2.81. The molecule has 0 bridgehead atoms. The summed E-state index contributed by atoms with van der Waals surface area (Å²) < 4.78 is 43.4. The Morgan fingerprint density at radius 2 is 1.70 bits per heavy atom.